The van der Waals surface area contributed by atoms with Gasteiger partial charge in [0.15, 0.2) is 0 Å². The fraction of sp³-hybridized carbons (Fsp3) is 0.571. The van der Waals surface area contributed by atoms with Crippen molar-refractivity contribution in [3.63, 3.8) is 0 Å². The van der Waals surface area contributed by atoms with Crippen LogP contribution in [0.25, 0.3) is 10.2 Å². The Morgan fingerprint density at radius 1 is 1.19 bits per heavy atom. The van der Waals surface area contributed by atoms with Crippen LogP contribution in [-0.4, -0.2) is 26.4 Å². The molecule has 2 aromatic heterocycles. The van der Waals surface area contributed by atoms with Gasteiger partial charge in [-0.05, 0) is 69.8 Å². The zero-order valence-electron chi connectivity index (χ0n) is 15.6. The summed E-state index contributed by atoms with van der Waals surface area (Å²) in [4.78, 5) is 34.9. The van der Waals surface area contributed by atoms with Crippen LogP contribution >= 0.6 is 11.3 Å². The van der Waals surface area contributed by atoms with Crippen LogP contribution in [0.2, 0.25) is 0 Å². The van der Waals surface area contributed by atoms with Crippen molar-refractivity contribution < 1.29 is 4.79 Å². The van der Waals surface area contributed by atoms with Crippen LogP contribution in [0.1, 0.15) is 61.8 Å². The van der Waals surface area contributed by atoms with E-state index >= 15 is 0 Å². The molecule has 1 fully saturated rings. The molecule has 0 radical (unpaired) electrons. The SMILES string of the molecule is O=C(Cn1cnc2sc3c(c2c1=O)CCCC3)N(C1=CCCCC1)C1CC1. The summed E-state index contributed by atoms with van der Waals surface area (Å²) in [7, 11) is 0. The lowest BCUT2D eigenvalue weighted by molar-refractivity contribution is -0.130. The third-order valence-electron chi connectivity index (χ3n) is 6.00. The summed E-state index contributed by atoms with van der Waals surface area (Å²) in [5.41, 5.74) is 2.32. The number of carbonyl (C=O) groups is 1. The Kier molecular flexibility index (Phi) is 4.38. The zero-order chi connectivity index (χ0) is 18.4. The lowest BCUT2D eigenvalue weighted by Gasteiger charge is -2.28. The molecule has 27 heavy (non-hydrogen) atoms. The average Bonchev–Trinajstić information content (AvgIpc) is 3.44. The number of thiophene rings is 1. The van der Waals surface area contributed by atoms with Crippen molar-refractivity contribution in [1.82, 2.24) is 14.5 Å². The normalized spacial score (nSPS) is 19.6. The summed E-state index contributed by atoms with van der Waals surface area (Å²) in [6.07, 6.45) is 14.7. The number of hydrogen-bond donors (Lipinski definition) is 0. The molecule has 1 amide bonds. The Labute approximate surface area is 162 Å². The quantitative estimate of drug-likeness (QED) is 0.807. The molecule has 2 heterocycles. The van der Waals surface area contributed by atoms with Gasteiger partial charge in [-0.3, -0.25) is 14.2 Å². The number of rotatable bonds is 4. The van der Waals surface area contributed by atoms with E-state index in [-0.39, 0.29) is 18.0 Å². The molecular formula is C21H25N3O2S. The molecule has 0 bridgehead atoms. The van der Waals surface area contributed by atoms with E-state index in [0.717, 1.165) is 61.6 Å². The minimum absolute atomic E-state index is 0.0398. The van der Waals surface area contributed by atoms with Crippen LogP contribution in [-0.2, 0) is 24.2 Å². The summed E-state index contributed by atoms with van der Waals surface area (Å²) in [6.45, 7) is 0.0975. The van der Waals surface area contributed by atoms with E-state index in [1.165, 1.54) is 33.5 Å². The van der Waals surface area contributed by atoms with Crippen LogP contribution in [0.4, 0.5) is 0 Å². The Bertz CT molecular complexity index is 983. The third-order valence-corrected chi connectivity index (χ3v) is 7.20. The van der Waals surface area contributed by atoms with Crippen molar-refractivity contribution in [1.29, 1.82) is 0 Å². The number of aromatic nitrogens is 2. The topological polar surface area (TPSA) is 55.2 Å². The molecule has 0 aromatic carbocycles. The van der Waals surface area contributed by atoms with E-state index in [1.54, 1.807) is 17.7 Å². The standard InChI is InChI=1S/C21H25N3O2S/c25-18(24(15-10-11-15)14-6-2-1-3-7-14)12-23-13-22-20-19(21(23)26)16-8-4-5-9-17(16)27-20/h6,13,15H,1-5,7-12H2. The number of amides is 1. The van der Waals surface area contributed by atoms with E-state index in [9.17, 15) is 9.59 Å². The van der Waals surface area contributed by atoms with Crippen molar-refractivity contribution in [2.75, 3.05) is 0 Å². The molecule has 0 saturated heterocycles. The van der Waals surface area contributed by atoms with Crippen molar-refractivity contribution in [3.8, 4) is 0 Å². The van der Waals surface area contributed by atoms with Crippen molar-refractivity contribution in [3.05, 3.63) is 38.9 Å². The number of allylic oxidation sites excluding steroid dienone is 2. The van der Waals surface area contributed by atoms with E-state index in [1.807, 2.05) is 4.90 Å². The molecular weight excluding hydrogens is 358 g/mol. The molecule has 3 aliphatic rings. The van der Waals surface area contributed by atoms with Crippen LogP contribution in [0, 0.1) is 0 Å². The third kappa shape index (κ3) is 3.14. The first-order valence-electron chi connectivity index (χ1n) is 10.2. The van der Waals surface area contributed by atoms with Crippen molar-refractivity contribution in [2.45, 2.75) is 76.8 Å². The fourth-order valence-corrected chi connectivity index (χ4v) is 5.71. The first-order chi connectivity index (χ1) is 13.2. The molecule has 0 atom stereocenters. The molecule has 5 nitrogen and oxygen atoms in total. The van der Waals surface area contributed by atoms with Gasteiger partial charge in [-0.25, -0.2) is 4.98 Å². The molecule has 3 aliphatic carbocycles. The highest BCUT2D eigenvalue weighted by atomic mass is 32.1. The van der Waals surface area contributed by atoms with E-state index in [4.69, 9.17) is 0 Å². The number of nitrogens with zero attached hydrogens (tertiary/aromatic N) is 3. The minimum Gasteiger partial charge on any atom is -0.312 e. The summed E-state index contributed by atoms with van der Waals surface area (Å²) in [5.74, 6) is 0.0398. The van der Waals surface area contributed by atoms with Gasteiger partial charge < -0.3 is 4.90 Å². The first-order valence-corrected chi connectivity index (χ1v) is 11.0. The number of carbonyl (C=O) groups excluding carboxylic acids is 1. The predicted molar refractivity (Wildman–Crippen MR) is 107 cm³/mol. The van der Waals surface area contributed by atoms with Crippen molar-refractivity contribution >= 4 is 27.5 Å². The molecule has 142 valence electrons. The number of fused-ring (bicyclic) bond motifs is 3. The Balaban J connectivity index is 1.47. The predicted octanol–water partition coefficient (Wildman–Crippen LogP) is 3.79. The fourth-order valence-electron chi connectivity index (χ4n) is 4.49. The second kappa shape index (κ2) is 6.89. The van der Waals surface area contributed by atoms with Gasteiger partial charge in [0.2, 0.25) is 5.91 Å². The van der Waals surface area contributed by atoms with Gasteiger partial charge in [-0.2, -0.15) is 0 Å². The molecule has 6 heteroatoms. The van der Waals surface area contributed by atoms with Crippen LogP contribution in [0.5, 0.6) is 0 Å². The maximum absolute atomic E-state index is 13.1. The van der Waals surface area contributed by atoms with Crippen LogP contribution < -0.4 is 5.56 Å². The van der Waals surface area contributed by atoms with Gasteiger partial charge in [0.05, 0.1) is 11.7 Å². The molecule has 2 aromatic rings. The monoisotopic (exact) mass is 383 g/mol. The Hall–Kier alpha value is -1.95. The molecule has 1 saturated carbocycles. The Morgan fingerprint density at radius 3 is 2.78 bits per heavy atom. The summed E-state index contributed by atoms with van der Waals surface area (Å²) in [5, 5.41) is 0.764. The summed E-state index contributed by atoms with van der Waals surface area (Å²) in [6, 6.07) is 0.336. The molecule has 5 rings (SSSR count). The first kappa shape index (κ1) is 17.2. The number of aryl methyl sites for hydroxylation is 2. The molecule has 0 spiro atoms. The van der Waals surface area contributed by atoms with E-state index in [2.05, 4.69) is 11.1 Å². The van der Waals surface area contributed by atoms with Gasteiger partial charge in [0.25, 0.3) is 5.56 Å². The Morgan fingerprint density at radius 2 is 2.00 bits per heavy atom. The number of hydrogen-bond acceptors (Lipinski definition) is 4. The maximum atomic E-state index is 13.1. The average molecular weight is 384 g/mol. The largest absolute Gasteiger partial charge is 0.312 e. The second-order valence-electron chi connectivity index (χ2n) is 8.00. The minimum atomic E-state index is -0.0406. The van der Waals surface area contributed by atoms with Gasteiger partial charge in [-0.1, -0.05) is 6.08 Å². The lowest BCUT2D eigenvalue weighted by atomic mass is 9.97. The zero-order valence-corrected chi connectivity index (χ0v) is 16.4. The smallest absolute Gasteiger partial charge is 0.262 e. The highest BCUT2D eigenvalue weighted by molar-refractivity contribution is 7.18. The van der Waals surface area contributed by atoms with Crippen LogP contribution in [0.15, 0.2) is 22.9 Å². The van der Waals surface area contributed by atoms with Gasteiger partial charge in [0.1, 0.15) is 11.4 Å². The molecule has 0 unspecified atom stereocenters. The highest BCUT2D eigenvalue weighted by Gasteiger charge is 2.35. The lowest BCUT2D eigenvalue weighted by Crippen LogP contribution is -2.38. The van der Waals surface area contributed by atoms with Gasteiger partial charge >= 0.3 is 0 Å². The molecule has 0 N–H and O–H groups in total. The summed E-state index contributed by atoms with van der Waals surface area (Å²) < 4.78 is 1.53. The van der Waals surface area contributed by atoms with E-state index in [0.29, 0.717) is 6.04 Å². The van der Waals surface area contributed by atoms with E-state index < -0.39 is 0 Å². The molecule has 0 aliphatic heterocycles. The van der Waals surface area contributed by atoms with Gasteiger partial charge in [-0.15, -0.1) is 11.3 Å². The maximum Gasteiger partial charge on any atom is 0.262 e. The van der Waals surface area contributed by atoms with Crippen molar-refractivity contribution in [2.24, 2.45) is 0 Å². The van der Waals surface area contributed by atoms with Gasteiger partial charge in [0, 0.05) is 16.6 Å². The highest BCUT2D eigenvalue weighted by Crippen LogP contribution is 2.35. The van der Waals surface area contributed by atoms with Crippen LogP contribution in [0.3, 0.4) is 0 Å². The second-order valence-corrected chi connectivity index (χ2v) is 9.09. The summed E-state index contributed by atoms with van der Waals surface area (Å²) >= 11 is 1.66.